The van der Waals surface area contributed by atoms with Gasteiger partial charge >= 0.3 is 12.1 Å². The summed E-state index contributed by atoms with van der Waals surface area (Å²) < 4.78 is 38.9. The Bertz CT molecular complexity index is 1060. The predicted molar refractivity (Wildman–Crippen MR) is 119 cm³/mol. The summed E-state index contributed by atoms with van der Waals surface area (Å²) in [4.78, 5) is 18.0. The number of carboxylic acids is 1. The number of benzene rings is 2. The van der Waals surface area contributed by atoms with Crippen LogP contribution in [0.25, 0.3) is 11.1 Å². The average molecular weight is 442 g/mol. The van der Waals surface area contributed by atoms with E-state index in [1.807, 2.05) is 50.1 Å². The number of alkyl halides is 3. The fourth-order valence-electron chi connectivity index (χ4n) is 3.62. The van der Waals surface area contributed by atoms with Crippen molar-refractivity contribution in [2.24, 2.45) is 5.92 Å². The number of aliphatic carboxylic acids is 1. The highest BCUT2D eigenvalue weighted by atomic mass is 19.4. The lowest BCUT2D eigenvalue weighted by atomic mass is 9.88. The lowest BCUT2D eigenvalue weighted by molar-refractivity contribution is -0.139. The summed E-state index contributed by atoms with van der Waals surface area (Å²) in [5.41, 5.74) is 2.71. The van der Waals surface area contributed by atoms with E-state index in [9.17, 15) is 23.1 Å². The molecule has 0 aliphatic rings. The number of anilines is 2. The minimum absolute atomic E-state index is 0.159. The Morgan fingerprint density at radius 3 is 2.12 bits per heavy atom. The third-order valence-corrected chi connectivity index (χ3v) is 5.33. The van der Waals surface area contributed by atoms with Crippen molar-refractivity contribution in [2.45, 2.75) is 32.4 Å². The minimum Gasteiger partial charge on any atom is -0.481 e. The first-order valence-electron chi connectivity index (χ1n) is 10.3. The van der Waals surface area contributed by atoms with E-state index in [1.54, 1.807) is 18.5 Å². The molecule has 1 N–H and O–H groups in total. The monoisotopic (exact) mass is 442 g/mol. The van der Waals surface area contributed by atoms with Crippen LogP contribution in [0.5, 0.6) is 0 Å². The van der Waals surface area contributed by atoms with E-state index in [4.69, 9.17) is 0 Å². The first kappa shape index (κ1) is 23.3. The zero-order chi connectivity index (χ0) is 23.5. The Hall–Kier alpha value is -3.35. The normalized spacial score (nSPS) is 12.6. The molecule has 1 aromatic heterocycles. The standard InChI is InChI=1S/C25H25F3N2O2/c1-16(2)12-23(24(31)32)19-13-18(17-4-6-20(7-5-17)25(26,27)28)14-22(15-19)30(3)21-8-10-29-11-9-21/h4-11,13-16,23H,12H2,1-3H3,(H,31,32). The lowest BCUT2D eigenvalue weighted by Crippen LogP contribution is -2.16. The van der Waals surface area contributed by atoms with Gasteiger partial charge in [-0.25, -0.2) is 0 Å². The van der Waals surface area contributed by atoms with E-state index in [2.05, 4.69) is 4.98 Å². The quantitative estimate of drug-likeness (QED) is 0.440. The topological polar surface area (TPSA) is 53.4 Å². The highest BCUT2D eigenvalue weighted by Crippen LogP contribution is 2.36. The number of nitrogens with zero attached hydrogens (tertiary/aromatic N) is 2. The van der Waals surface area contributed by atoms with Crippen LogP contribution >= 0.6 is 0 Å². The summed E-state index contributed by atoms with van der Waals surface area (Å²) in [5, 5.41) is 9.86. The molecule has 168 valence electrons. The third kappa shape index (κ3) is 5.46. The summed E-state index contributed by atoms with van der Waals surface area (Å²) in [6.07, 6.45) is -0.653. The maximum Gasteiger partial charge on any atom is 0.416 e. The van der Waals surface area contributed by atoms with Gasteiger partial charge in [0.2, 0.25) is 0 Å². The number of pyridine rings is 1. The number of hydrogen-bond acceptors (Lipinski definition) is 3. The molecule has 1 atom stereocenters. The Labute approximate surface area is 185 Å². The van der Waals surface area contributed by atoms with Gasteiger partial charge in [0.25, 0.3) is 0 Å². The second-order valence-corrected chi connectivity index (χ2v) is 8.17. The van der Waals surface area contributed by atoms with Crippen molar-refractivity contribution in [3.05, 3.63) is 78.1 Å². The number of carboxylic acid groups (broad SMARTS) is 1. The number of carbonyl (C=O) groups is 1. The highest BCUT2D eigenvalue weighted by molar-refractivity contribution is 5.80. The predicted octanol–water partition coefficient (Wildman–Crippen LogP) is 6.75. The molecular weight excluding hydrogens is 417 g/mol. The van der Waals surface area contributed by atoms with Crippen LogP contribution in [0.2, 0.25) is 0 Å². The number of rotatable bonds is 7. The van der Waals surface area contributed by atoms with E-state index in [-0.39, 0.29) is 5.92 Å². The smallest absolute Gasteiger partial charge is 0.416 e. The Balaban J connectivity index is 2.12. The van der Waals surface area contributed by atoms with Crippen molar-refractivity contribution in [1.29, 1.82) is 0 Å². The van der Waals surface area contributed by atoms with Gasteiger partial charge in [-0.15, -0.1) is 0 Å². The Morgan fingerprint density at radius 1 is 0.969 bits per heavy atom. The SMILES string of the molecule is CC(C)CC(C(=O)O)c1cc(-c2ccc(C(F)(F)F)cc2)cc(N(C)c2ccncc2)c1. The van der Waals surface area contributed by atoms with Crippen LogP contribution < -0.4 is 4.90 Å². The summed E-state index contributed by atoms with van der Waals surface area (Å²) >= 11 is 0. The molecule has 0 saturated carbocycles. The molecule has 1 heterocycles. The largest absolute Gasteiger partial charge is 0.481 e. The van der Waals surface area contributed by atoms with Crippen LogP contribution in [-0.4, -0.2) is 23.1 Å². The van der Waals surface area contributed by atoms with Crippen molar-refractivity contribution in [3.8, 4) is 11.1 Å². The Morgan fingerprint density at radius 2 is 1.59 bits per heavy atom. The van der Waals surface area contributed by atoms with Crippen LogP contribution in [-0.2, 0) is 11.0 Å². The molecule has 7 heteroatoms. The number of hydrogen-bond donors (Lipinski definition) is 1. The van der Waals surface area contributed by atoms with Crippen LogP contribution in [0.4, 0.5) is 24.5 Å². The van der Waals surface area contributed by atoms with Crippen molar-refractivity contribution in [3.63, 3.8) is 0 Å². The second-order valence-electron chi connectivity index (χ2n) is 8.17. The first-order valence-corrected chi connectivity index (χ1v) is 10.3. The van der Waals surface area contributed by atoms with E-state index < -0.39 is 23.6 Å². The van der Waals surface area contributed by atoms with Gasteiger partial charge in [-0.1, -0.05) is 32.0 Å². The van der Waals surface area contributed by atoms with Gasteiger partial charge < -0.3 is 10.0 Å². The van der Waals surface area contributed by atoms with Gasteiger partial charge in [-0.3, -0.25) is 9.78 Å². The maximum absolute atomic E-state index is 13.0. The number of aromatic nitrogens is 1. The molecule has 32 heavy (non-hydrogen) atoms. The van der Waals surface area contributed by atoms with Gasteiger partial charge in [0, 0.05) is 30.8 Å². The molecule has 0 saturated heterocycles. The first-order chi connectivity index (χ1) is 15.1. The second kappa shape index (κ2) is 9.42. The van der Waals surface area contributed by atoms with E-state index in [1.165, 1.54) is 12.1 Å². The van der Waals surface area contributed by atoms with Crippen molar-refractivity contribution >= 4 is 17.3 Å². The minimum atomic E-state index is -4.42. The summed E-state index contributed by atoms with van der Waals surface area (Å²) in [7, 11) is 1.85. The molecule has 0 aliphatic heterocycles. The summed E-state index contributed by atoms with van der Waals surface area (Å²) in [6, 6.07) is 14.0. The molecule has 1 unspecified atom stereocenters. The molecule has 0 bridgehead atoms. The zero-order valence-electron chi connectivity index (χ0n) is 18.1. The number of halogens is 3. The van der Waals surface area contributed by atoms with Crippen molar-refractivity contribution in [2.75, 3.05) is 11.9 Å². The van der Waals surface area contributed by atoms with Gasteiger partial charge in [0.15, 0.2) is 0 Å². The lowest BCUT2D eigenvalue weighted by Gasteiger charge is -2.23. The van der Waals surface area contributed by atoms with Gasteiger partial charge in [0.1, 0.15) is 0 Å². The van der Waals surface area contributed by atoms with Crippen molar-refractivity contribution < 1.29 is 23.1 Å². The van der Waals surface area contributed by atoms with Crippen molar-refractivity contribution in [1.82, 2.24) is 4.98 Å². The van der Waals surface area contributed by atoms with E-state index >= 15 is 0 Å². The molecule has 0 amide bonds. The average Bonchev–Trinajstić information content (AvgIpc) is 2.76. The van der Waals surface area contributed by atoms with E-state index in [0.29, 0.717) is 23.1 Å². The van der Waals surface area contributed by atoms with Gasteiger partial charge in [-0.2, -0.15) is 13.2 Å². The summed E-state index contributed by atoms with van der Waals surface area (Å²) in [6.45, 7) is 3.92. The van der Waals surface area contributed by atoms with Gasteiger partial charge in [-0.05, 0) is 65.4 Å². The molecule has 3 rings (SSSR count). The molecule has 0 spiro atoms. The molecule has 0 radical (unpaired) electrons. The zero-order valence-corrected chi connectivity index (χ0v) is 18.1. The van der Waals surface area contributed by atoms with E-state index in [0.717, 1.165) is 23.5 Å². The molecule has 3 aromatic rings. The molecule has 2 aromatic carbocycles. The van der Waals surface area contributed by atoms with Crippen LogP contribution in [0.15, 0.2) is 67.0 Å². The third-order valence-electron chi connectivity index (χ3n) is 5.33. The molecule has 0 aliphatic carbocycles. The van der Waals surface area contributed by atoms with Gasteiger partial charge in [0.05, 0.1) is 11.5 Å². The maximum atomic E-state index is 13.0. The molecule has 4 nitrogen and oxygen atoms in total. The molecular formula is C25H25F3N2O2. The van der Waals surface area contributed by atoms with Crippen LogP contribution in [0, 0.1) is 5.92 Å². The summed E-state index contributed by atoms with van der Waals surface area (Å²) in [5.74, 6) is -1.50. The van der Waals surface area contributed by atoms with Crippen LogP contribution in [0.1, 0.15) is 37.3 Å². The Kier molecular flexibility index (Phi) is 6.87. The van der Waals surface area contributed by atoms with Crippen LogP contribution in [0.3, 0.4) is 0 Å². The molecule has 0 fully saturated rings. The highest BCUT2D eigenvalue weighted by Gasteiger charge is 2.30. The fraction of sp³-hybridized carbons (Fsp3) is 0.280. The fourth-order valence-corrected chi connectivity index (χ4v) is 3.62.